The average Bonchev–Trinajstić information content (AvgIpc) is 3.40. The number of amidine groups is 1. The predicted molar refractivity (Wildman–Crippen MR) is 92.4 cm³/mol. The van der Waals surface area contributed by atoms with Crippen molar-refractivity contribution in [3.8, 4) is 0 Å². The van der Waals surface area contributed by atoms with Gasteiger partial charge in [-0.25, -0.2) is 4.79 Å². The van der Waals surface area contributed by atoms with Crippen molar-refractivity contribution < 1.29 is 14.3 Å². The Morgan fingerprint density at radius 3 is 2.44 bits per heavy atom. The monoisotopic (exact) mass is 344 g/mol. The van der Waals surface area contributed by atoms with Gasteiger partial charge >= 0.3 is 6.09 Å². The zero-order valence-corrected chi connectivity index (χ0v) is 14.8. The van der Waals surface area contributed by atoms with Crippen molar-refractivity contribution in [3.63, 3.8) is 0 Å². The van der Waals surface area contributed by atoms with Gasteiger partial charge in [0, 0.05) is 12.1 Å². The topological polar surface area (TPSA) is 104 Å². The first-order chi connectivity index (χ1) is 11.7. The molecule has 0 bridgehead atoms. The molecule has 7 nitrogen and oxygen atoms in total. The highest BCUT2D eigenvalue weighted by molar-refractivity contribution is 6.06. The summed E-state index contributed by atoms with van der Waals surface area (Å²) >= 11 is 0. The van der Waals surface area contributed by atoms with Gasteiger partial charge in [0.2, 0.25) is 0 Å². The van der Waals surface area contributed by atoms with Crippen LogP contribution >= 0.6 is 0 Å². The van der Waals surface area contributed by atoms with Crippen molar-refractivity contribution >= 4 is 17.8 Å². The van der Waals surface area contributed by atoms with Crippen LogP contribution in [-0.4, -0.2) is 28.4 Å². The molecule has 3 rings (SSSR count). The number of nitrogens with zero attached hydrogens (tertiary/aromatic N) is 1. The summed E-state index contributed by atoms with van der Waals surface area (Å²) in [5.41, 5.74) is 0.0639. The van der Waals surface area contributed by atoms with E-state index in [1.165, 1.54) is 6.20 Å². The van der Waals surface area contributed by atoms with Crippen LogP contribution in [0.1, 0.15) is 62.5 Å². The molecule has 1 heterocycles. The quantitative estimate of drug-likeness (QED) is 0.577. The lowest BCUT2D eigenvalue weighted by molar-refractivity contribution is 0.0493. The Labute approximate surface area is 147 Å². The fourth-order valence-electron chi connectivity index (χ4n) is 2.55. The number of alkyl carbamates (subject to hydrolysis) is 1. The number of amides is 2. The minimum Gasteiger partial charge on any atom is -0.444 e. The molecule has 0 saturated heterocycles. The maximum absolute atomic E-state index is 12.1. The molecular weight excluding hydrogens is 320 g/mol. The highest BCUT2D eigenvalue weighted by Crippen LogP contribution is 2.44. The fourth-order valence-corrected chi connectivity index (χ4v) is 2.55. The second-order valence-corrected chi connectivity index (χ2v) is 7.78. The molecule has 0 aromatic carbocycles. The number of aromatic nitrogens is 1. The second-order valence-electron chi connectivity index (χ2n) is 7.78. The maximum Gasteiger partial charge on any atom is 0.408 e. The van der Waals surface area contributed by atoms with E-state index < -0.39 is 17.2 Å². The van der Waals surface area contributed by atoms with Crippen molar-refractivity contribution in [1.82, 2.24) is 15.6 Å². The van der Waals surface area contributed by atoms with Crippen LogP contribution in [0.2, 0.25) is 0 Å². The summed E-state index contributed by atoms with van der Waals surface area (Å²) in [6.45, 7) is 5.45. The highest BCUT2D eigenvalue weighted by atomic mass is 16.6. The summed E-state index contributed by atoms with van der Waals surface area (Å²) in [6.07, 6.45) is 4.53. The van der Waals surface area contributed by atoms with Gasteiger partial charge in [-0.05, 0) is 58.6 Å². The first kappa shape index (κ1) is 17.4. The van der Waals surface area contributed by atoms with Crippen LogP contribution in [0.5, 0.6) is 0 Å². The molecule has 134 valence electrons. The number of rotatable bonds is 4. The Bertz CT molecular complexity index is 698. The zero-order chi connectivity index (χ0) is 18.2. The van der Waals surface area contributed by atoms with E-state index in [2.05, 4.69) is 15.6 Å². The van der Waals surface area contributed by atoms with Crippen molar-refractivity contribution in [2.24, 2.45) is 5.92 Å². The third kappa shape index (κ3) is 4.35. The number of ether oxygens (including phenoxy) is 1. The Hall–Kier alpha value is -2.44. The number of nitrogens with one attached hydrogen (secondary N) is 3. The normalized spacial score (nSPS) is 18.2. The van der Waals surface area contributed by atoms with E-state index in [9.17, 15) is 9.59 Å². The Kier molecular flexibility index (Phi) is 4.26. The summed E-state index contributed by atoms with van der Waals surface area (Å²) in [7, 11) is 0. The van der Waals surface area contributed by atoms with E-state index in [4.69, 9.17) is 10.1 Å². The molecule has 0 unspecified atom stereocenters. The Morgan fingerprint density at radius 2 is 1.96 bits per heavy atom. The molecule has 3 N–H and O–H groups in total. The van der Waals surface area contributed by atoms with Gasteiger partial charge in [0.1, 0.15) is 11.4 Å². The van der Waals surface area contributed by atoms with Crippen molar-refractivity contribution in [2.75, 3.05) is 0 Å². The molecule has 2 aliphatic carbocycles. The summed E-state index contributed by atoms with van der Waals surface area (Å²) in [6, 6.07) is 3.43. The number of carbonyl (C=O) groups excluding carboxylic acids is 2. The molecule has 25 heavy (non-hydrogen) atoms. The minimum absolute atomic E-state index is 0.198. The summed E-state index contributed by atoms with van der Waals surface area (Å²) < 4.78 is 5.30. The number of pyridine rings is 1. The lowest BCUT2D eigenvalue weighted by Gasteiger charge is -2.23. The molecule has 0 atom stereocenters. The molecule has 2 amide bonds. The lowest BCUT2D eigenvalue weighted by atomic mass is 10.1. The van der Waals surface area contributed by atoms with Gasteiger partial charge in [0.05, 0.1) is 16.8 Å². The fraction of sp³-hybridized carbons (Fsp3) is 0.556. The first-order valence-corrected chi connectivity index (χ1v) is 8.56. The van der Waals surface area contributed by atoms with E-state index in [-0.39, 0.29) is 17.7 Å². The smallest absolute Gasteiger partial charge is 0.408 e. The molecule has 1 aromatic rings. The maximum atomic E-state index is 12.1. The first-order valence-electron chi connectivity index (χ1n) is 8.56. The van der Waals surface area contributed by atoms with Crippen LogP contribution in [0.4, 0.5) is 4.79 Å². The Balaban J connectivity index is 1.62. The Morgan fingerprint density at radius 1 is 1.28 bits per heavy atom. The van der Waals surface area contributed by atoms with Crippen LogP contribution in [0.25, 0.3) is 0 Å². The molecular formula is C18H24N4O3. The van der Waals surface area contributed by atoms with Crippen molar-refractivity contribution in [2.45, 2.75) is 57.6 Å². The van der Waals surface area contributed by atoms with Crippen LogP contribution in [0.3, 0.4) is 0 Å². The van der Waals surface area contributed by atoms with Gasteiger partial charge in [0.15, 0.2) is 0 Å². The second kappa shape index (κ2) is 6.13. The van der Waals surface area contributed by atoms with Gasteiger partial charge in [-0.2, -0.15) is 0 Å². The molecule has 1 aromatic heterocycles. The predicted octanol–water partition coefficient (Wildman–Crippen LogP) is 2.71. The van der Waals surface area contributed by atoms with Crippen LogP contribution in [-0.2, 0) is 10.3 Å². The minimum atomic E-state index is -0.554. The number of hydrogen-bond donors (Lipinski definition) is 3. The van der Waals surface area contributed by atoms with Crippen molar-refractivity contribution in [1.29, 1.82) is 5.41 Å². The van der Waals surface area contributed by atoms with E-state index >= 15 is 0 Å². The standard InChI is InChI=1S/C18H24N4O3/c1-17(2,3)25-16(24)22-18(8-9-18)13-7-6-12(10-20-13)15(23)21-14(19)11-4-5-11/h6-7,10-11H,4-5,8-9H2,1-3H3,(H,22,24)(H2,19,21,23). The van der Waals surface area contributed by atoms with Crippen LogP contribution in [0.15, 0.2) is 18.3 Å². The number of carbonyl (C=O) groups is 2. The lowest BCUT2D eigenvalue weighted by Crippen LogP contribution is -2.39. The molecule has 0 aliphatic heterocycles. The number of hydrogen-bond acceptors (Lipinski definition) is 5. The van der Waals surface area contributed by atoms with Gasteiger partial charge in [0.25, 0.3) is 5.91 Å². The summed E-state index contributed by atoms with van der Waals surface area (Å²) in [4.78, 5) is 28.5. The summed E-state index contributed by atoms with van der Waals surface area (Å²) in [5.74, 6) is 0.157. The molecule has 0 spiro atoms. The van der Waals surface area contributed by atoms with E-state index in [1.54, 1.807) is 12.1 Å². The molecule has 7 heteroatoms. The van der Waals surface area contributed by atoms with E-state index in [0.29, 0.717) is 11.3 Å². The third-order valence-corrected chi connectivity index (χ3v) is 4.24. The van der Waals surface area contributed by atoms with Gasteiger partial charge in [-0.3, -0.25) is 15.2 Å². The van der Waals surface area contributed by atoms with Gasteiger partial charge < -0.3 is 15.4 Å². The van der Waals surface area contributed by atoms with Gasteiger partial charge in [-0.15, -0.1) is 0 Å². The molecule has 2 saturated carbocycles. The summed E-state index contributed by atoms with van der Waals surface area (Å²) in [5, 5.41) is 13.3. The average molecular weight is 344 g/mol. The highest BCUT2D eigenvalue weighted by Gasteiger charge is 2.48. The molecule has 2 aliphatic rings. The van der Waals surface area contributed by atoms with Crippen molar-refractivity contribution in [3.05, 3.63) is 29.6 Å². The van der Waals surface area contributed by atoms with Gasteiger partial charge in [-0.1, -0.05) is 0 Å². The third-order valence-electron chi connectivity index (χ3n) is 4.24. The van der Waals surface area contributed by atoms with E-state index in [0.717, 1.165) is 25.7 Å². The van der Waals surface area contributed by atoms with Crippen LogP contribution in [0, 0.1) is 11.3 Å². The zero-order valence-electron chi connectivity index (χ0n) is 14.8. The SMILES string of the molecule is CC(C)(C)OC(=O)NC1(c2ccc(C(=O)NC(=N)C3CC3)cn2)CC1. The largest absolute Gasteiger partial charge is 0.444 e. The molecule has 0 radical (unpaired) electrons. The van der Waals surface area contributed by atoms with Crippen LogP contribution < -0.4 is 10.6 Å². The molecule has 2 fully saturated rings. The van der Waals surface area contributed by atoms with E-state index in [1.807, 2.05) is 20.8 Å².